The molecule has 27 heavy (non-hydrogen) atoms. The summed E-state index contributed by atoms with van der Waals surface area (Å²) in [5, 5.41) is 0. The number of hydrogen-bond acceptors (Lipinski definition) is 4. The smallest absolute Gasteiger partial charge is 0.252 e. The zero-order valence-electron chi connectivity index (χ0n) is 16.3. The van der Waals surface area contributed by atoms with Gasteiger partial charge in [0.05, 0.1) is 12.6 Å². The van der Waals surface area contributed by atoms with Gasteiger partial charge < -0.3 is 19.1 Å². The van der Waals surface area contributed by atoms with E-state index in [0.717, 1.165) is 44.1 Å². The van der Waals surface area contributed by atoms with Crippen LogP contribution in [-0.4, -0.2) is 49.9 Å². The lowest BCUT2D eigenvalue weighted by Crippen LogP contribution is -2.44. The fourth-order valence-electron chi connectivity index (χ4n) is 3.60. The van der Waals surface area contributed by atoms with Gasteiger partial charge in [-0.15, -0.1) is 0 Å². The summed E-state index contributed by atoms with van der Waals surface area (Å²) in [6.07, 6.45) is 5.17. The van der Waals surface area contributed by atoms with E-state index in [-0.39, 0.29) is 29.9 Å². The zero-order chi connectivity index (χ0) is 19.2. The van der Waals surface area contributed by atoms with Crippen LogP contribution in [-0.2, 0) is 14.3 Å². The molecule has 1 heterocycles. The number of benzene rings is 1. The molecule has 1 saturated heterocycles. The van der Waals surface area contributed by atoms with Crippen molar-refractivity contribution in [3.63, 3.8) is 0 Å². The van der Waals surface area contributed by atoms with Gasteiger partial charge in [-0.2, -0.15) is 0 Å². The second kappa shape index (κ2) is 9.51. The second-order valence-electron chi connectivity index (χ2n) is 7.42. The summed E-state index contributed by atoms with van der Waals surface area (Å²) in [5.74, 6) is 0.180. The molecule has 6 heteroatoms. The Morgan fingerprint density at radius 2 is 2.07 bits per heavy atom. The molecular formula is C21H30FNO4. The van der Waals surface area contributed by atoms with Gasteiger partial charge in [0.2, 0.25) is 0 Å². The number of hydrogen-bond donors (Lipinski definition) is 0. The summed E-state index contributed by atoms with van der Waals surface area (Å²) in [5.41, 5.74) is 0.757. The molecule has 0 unspecified atom stereocenters. The van der Waals surface area contributed by atoms with Crippen LogP contribution in [0, 0.1) is 5.82 Å². The van der Waals surface area contributed by atoms with Crippen LogP contribution in [0.1, 0.15) is 57.1 Å². The number of ether oxygens (including phenoxy) is 3. The van der Waals surface area contributed by atoms with Crippen LogP contribution in [0.25, 0.3) is 0 Å². The average molecular weight is 379 g/mol. The Hall–Kier alpha value is -1.66. The van der Waals surface area contributed by atoms with Crippen molar-refractivity contribution in [3.05, 3.63) is 29.6 Å². The summed E-state index contributed by atoms with van der Waals surface area (Å²) < 4.78 is 30.5. The fraction of sp³-hybridized carbons (Fsp3) is 0.667. The van der Waals surface area contributed by atoms with E-state index < -0.39 is 0 Å². The van der Waals surface area contributed by atoms with E-state index in [4.69, 9.17) is 14.2 Å². The molecule has 2 fully saturated rings. The highest BCUT2D eigenvalue weighted by molar-refractivity contribution is 5.82. The van der Waals surface area contributed by atoms with E-state index in [2.05, 4.69) is 0 Å². The van der Waals surface area contributed by atoms with Crippen LogP contribution in [0.4, 0.5) is 4.39 Å². The standard InChI is InChI=1S/C21H30FNO4/c1-15(16-12-17(22)14-19(13-16)26-11-5-9-25-2)23(18-7-8-18)21(24)20-6-3-4-10-27-20/h12-15,18,20H,3-11H2,1-2H3/t15-,20-/m1/s1. The molecule has 0 bridgehead atoms. The van der Waals surface area contributed by atoms with Crippen molar-refractivity contribution >= 4 is 5.91 Å². The highest BCUT2D eigenvalue weighted by Crippen LogP contribution is 2.37. The van der Waals surface area contributed by atoms with E-state index in [1.54, 1.807) is 7.11 Å². The van der Waals surface area contributed by atoms with Crippen molar-refractivity contribution in [2.75, 3.05) is 26.9 Å². The molecule has 5 nitrogen and oxygen atoms in total. The van der Waals surface area contributed by atoms with Crippen molar-refractivity contribution < 1.29 is 23.4 Å². The molecule has 0 spiro atoms. The first-order chi connectivity index (χ1) is 13.1. The molecule has 1 aromatic carbocycles. The maximum atomic E-state index is 14.2. The van der Waals surface area contributed by atoms with E-state index in [1.165, 1.54) is 12.1 Å². The quantitative estimate of drug-likeness (QED) is 0.611. The number of halogens is 1. The monoisotopic (exact) mass is 379 g/mol. The summed E-state index contributed by atoms with van der Waals surface area (Å²) in [7, 11) is 1.64. The minimum atomic E-state index is -0.361. The Kier molecular flexibility index (Phi) is 7.07. The van der Waals surface area contributed by atoms with Crippen LogP contribution in [0.3, 0.4) is 0 Å². The van der Waals surface area contributed by atoms with E-state index >= 15 is 0 Å². The lowest BCUT2D eigenvalue weighted by Gasteiger charge is -2.34. The Balaban J connectivity index is 1.72. The number of amides is 1. The van der Waals surface area contributed by atoms with Gasteiger partial charge in [0.15, 0.2) is 0 Å². The van der Waals surface area contributed by atoms with Crippen molar-refractivity contribution in [1.82, 2.24) is 4.90 Å². The van der Waals surface area contributed by atoms with Crippen LogP contribution in [0.5, 0.6) is 5.75 Å². The summed E-state index contributed by atoms with van der Waals surface area (Å²) in [4.78, 5) is 15.0. The second-order valence-corrected chi connectivity index (χ2v) is 7.42. The van der Waals surface area contributed by atoms with Gasteiger partial charge in [0, 0.05) is 38.9 Å². The normalized spacial score (nSPS) is 20.9. The van der Waals surface area contributed by atoms with E-state index in [1.807, 2.05) is 17.9 Å². The van der Waals surface area contributed by atoms with Gasteiger partial charge in [-0.1, -0.05) is 0 Å². The Bertz CT molecular complexity index is 629. The van der Waals surface area contributed by atoms with Crippen LogP contribution in [0.15, 0.2) is 18.2 Å². The summed E-state index contributed by atoms with van der Waals surface area (Å²) in [6, 6.07) is 4.73. The van der Waals surface area contributed by atoms with Crippen molar-refractivity contribution in [2.24, 2.45) is 0 Å². The van der Waals surface area contributed by atoms with Gasteiger partial charge in [-0.05, 0) is 56.7 Å². The minimum Gasteiger partial charge on any atom is -0.493 e. The number of rotatable bonds is 9. The predicted molar refractivity (Wildman–Crippen MR) is 100 cm³/mol. The number of carbonyl (C=O) groups excluding carboxylic acids is 1. The molecule has 1 aliphatic heterocycles. The largest absolute Gasteiger partial charge is 0.493 e. The third-order valence-corrected chi connectivity index (χ3v) is 5.20. The average Bonchev–Trinajstić information content (AvgIpc) is 3.50. The number of methoxy groups -OCH3 is 1. The lowest BCUT2D eigenvalue weighted by atomic mass is 10.0. The molecule has 1 amide bonds. The lowest BCUT2D eigenvalue weighted by molar-refractivity contribution is -0.149. The van der Waals surface area contributed by atoms with Gasteiger partial charge >= 0.3 is 0 Å². The highest BCUT2D eigenvalue weighted by atomic mass is 19.1. The van der Waals surface area contributed by atoms with Crippen molar-refractivity contribution in [2.45, 2.75) is 63.6 Å². The molecular weight excluding hydrogens is 349 g/mol. The first kappa shape index (κ1) is 20.1. The van der Waals surface area contributed by atoms with Gasteiger partial charge in [0.25, 0.3) is 5.91 Å². The maximum Gasteiger partial charge on any atom is 0.252 e. The number of carbonyl (C=O) groups is 1. The molecule has 1 saturated carbocycles. The molecule has 2 aliphatic rings. The van der Waals surface area contributed by atoms with Gasteiger partial charge in [0.1, 0.15) is 17.7 Å². The predicted octanol–water partition coefficient (Wildman–Crippen LogP) is 3.86. The van der Waals surface area contributed by atoms with Crippen LogP contribution >= 0.6 is 0 Å². The third-order valence-electron chi connectivity index (χ3n) is 5.20. The van der Waals surface area contributed by atoms with E-state index in [0.29, 0.717) is 25.6 Å². The van der Waals surface area contributed by atoms with Crippen LogP contribution < -0.4 is 4.74 Å². The maximum absolute atomic E-state index is 14.2. The molecule has 0 aromatic heterocycles. The summed E-state index contributed by atoms with van der Waals surface area (Å²) >= 11 is 0. The molecule has 1 aliphatic carbocycles. The van der Waals surface area contributed by atoms with E-state index in [9.17, 15) is 9.18 Å². The zero-order valence-corrected chi connectivity index (χ0v) is 16.3. The van der Waals surface area contributed by atoms with Crippen LogP contribution in [0.2, 0.25) is 0 Å². The molecule has 3 rings (SSSR count). The third kappa shape index (κ3) is 5.42. The topological polar surface area (TPSA) is 48.0 Å². The first-order valence-corrected chi connectivity index (χ1v) is 9.96. The minimum absolute atomic E-state index is 0.0384. The van der Waals surface area contributed by atoms with Gasteiger partial charge in [-0.25, -0.2) is 4.39 Å². The molecule has 0 N–H and O–H groups in total. The Morgan fingerprint density at radius 1 is 1.26 bits per heavy atom. The first-order valence-electron chi connectivity index (χ1n) is 9.96. The molecule has 1 aromatic rings. The molecule has 2 atom stereocenters. The summed E-state index contributed by atoms with van der Waals surface area (Å²) in [6.45, 7) is 3.67. The fourth-order valence-corrected chi connectivity index (χ4v) is 3.60. The Morgan fingerprint density at radius 3 is 2.74 bits per heavy atom. The van der Waals surface area contributed by atoms with Gasteiger partial charge in [-0.3, -0.25) is 4.79 Å². The SMILES string of the molecule is COCCCOc1cc(F)cc([C@@H](C)N(C(=O)[C@H]2CCCCO2)C2CC2)c1. The molecule has 0 radical (unpaired) electrons. The number of nitrogens with zero attached hydrogens (tertiary/aromatic N) is 1. The highest BCUT2D eigenvalue weighted by Gasteiger charge is 2.40. The Labute approximate surface area is 160 Å². The van der Waals surface area contributed by atoms with Crippen molar-refractivity contribution in [3.8, 4) is 5.75 Å². The van der Waals surface area contributed by atoms with Crippen molar-refractivity contribution in [1.29, 1.82) is 0 Å². The molecule has 150 valence electrons.